The number of halogens is 1. The molecule has 1 aliphatic carbocycles. The number of nitrogens with two attached hydrogens (primary N) is 1. The Hall–Kier alpha value is -0.320. The van der Waals surface area contributed by atoms with E-state index < -0.39 is 0 Å². The van der Waals surface area contributed by atoms with E-state index in [1.807, 2.05) is 4.90 Å². The van der Waals surface area contributed by atoms with E-state index >= 15 is 0 Å². The zero-order valence-corrected chi connectivity index (χ0v) is 13.1. The highest BCUT2D eigenvalue weighted by molar-refractivity contribution is 5.85. The standard InChI is InChI=1S/C15H26N2O2.ClH/c1-10-2-4-12(19-10)5-7-15(18)17-8-11-3-6-14(16)13(11)9-17;/h10-14H,2-9,16H2,1H3;1H. The van der Waals surface area contributed by atoms with Crippen molar-refractivity contribution in [2.75, 3.05) is 13.1 Å². The molecule has 0 aromatic heterocycles. The summed E-state index contributed by atoms with van der Waals surface area (Å²) in [7, 11) is 0. The molecular weight excluding hydrogens is 276 g/mol. The number of carbonyl (C=O) groups excluding carboxylic acids is 1. The number of hydrogen-bond donors (Lipinski definition) is 1. The van der Waals surface area contributed by atoms with Gasteiger partial charge in [0, 0.05) is 25.6 Å². The number of hydrogen-bond acceptors (Lipinski definition) is 3. The maximum absolute atomic E-state index is 12.3. The minimum Gasteiger partial charge on any atom is -0.375 e. The number of fused-ring (bicyclic) bond motifs is 1. The van der Waals surface area contributed by atoms with Crippen LogP contribution in [0, 0.1) is 11.8 Å². The van der Waals surface area contributed by atoms with Crippen LogP contribution in [-0.2, 0) is 9.53 Å². The molecule has 3 aliphatic rings. The summed E-state index contributed by atoms with van der Waals surface area (Å²) in [6, 6.07) is 0.321. The first-order chi connectivity index (χ1) is 9.13. The van der Waals surface area contributed by atoms with E-state index in [-0.39, 0.29) is 12.4 Å². The number of rotatable bonds is 3. The number of likely N-dealkylation sites (tertiary alicyclic amines) is 1. The first-order valence-electron chi connectivity index (χ1n) is 7.82. The van der Waals surface area contributed by atoms with E-state index in [4.69, 9.17) is 10.5 Å². The summed E-state index contributed by atoms with van der Waals surface area (Å²) in [5.41, 5.74) is 6.11. The van der Waals surface area contributed by atoms with Gasteiger partial charge in [0.1, 0.15) is 0 Å². The summed E-state index contributed by atoms with van der Waals surface area (Å²) >= 11 is 0. The molecule has 5 atom stereocenters. The lowest BCUT2D eigenvalue weighted by Gasteiger charge is -2.19. The molecule has 5 unspecified atom stereocenters. The topological polar surface area (TPSA) is 55.6 Å². The molecule has 5 heteroatoms. The molecule has 0 spiro atoms. The van der Waals surface area contributed by atoms with Crippen molar-refractivity contribution in [2.45, 2.75) is 63.7 Å². The van der Waals surface area contributed by atoms with E-state index in [0.717, 1.165) is 38.8 Å². The van der Waals surface area contributed by atoms with Gasteiger partial charge in [-0.15, -0.1) is 12.4 Å². The fourth-order valence-electron chi connectivity index (χ4n) is 4.05. The number of ether oxygens (including phenoxy) is 1. The first kappa shape index (κ1) is 16.1. The smallest absolute Gasteiger partial charge is 0.222 e. The lowest BCUT2D eigenvalue weighted by molar-refractivity contribution is -0.131. The third-order valence-corrected chi connectivity index (χ3v) is 5.27. The van der Waals surface area contributed by atoms with Crippen molar-refractivity contribution in [2.24, 2.45) is 17.6 Å². The Kier molecular flexibility index (Phi) is 5.32. The van der Waals surface area contributed by atoms with Crippen molar-refractivity contribution in [3.63, 3.8) is 0 Å². The van der Waals surface area contributed by atoms with Crippen molar-refractivity contribution < 1.29 is 9.53 Å². The van der Waals surface area contributed by atoms with Gasteiger partial charge in [-0.25, -0.2) is 0 Å². The third-order valence-electron chi connectivity index (χ3n) is 5.27. The molecule has 2 saturated heterocycles. The van der Waals surface area contributed by atoms with Gasteiger partial charge in [0.05, 0.1) is 12.2 Å². The molecular formula is C15H27ClN2O2. The molecule has 1 amide bonds. The average Bonchev–Trinajstić information content (AvgIpc) is 3.05. The number of amides is 1. The maximum atomic E-state index is 12.3. The van der Waals surface area contributed by atoms with Crippen LogP contribution in [-0.4, -0.2) is 42.1 Å². The van der Waals surface area contributed by atoms with Gasteiger partial charge in [-0.05, 0) is 50.9 Å². The molecule has 2 heterocycles. The minimum atomic E-state index is 0. The normalized spacial score (nSPS) is 39.7. The van der Waals surface area contributed by atoms with Crippen molar-refractivity contribution in [1.29, 1.82) is 0 Å². The Morgan fingerprint density at radius 1 is 1.25 bits per heavy atom. The van der Waals surface area contributed by atoms with Gasteiger partial charge >= 0.3 is 0 Å². The summed E-state index contributed by atoms with van der Waals surface area (Å²) in [6.07, 6.45) is 6.83. The molecule has 3 rings (SSSR count). The van der Waals surface area contributed by atoms with Gasteiger partial charge in [-0.2, -0.15) is 0 Å². The Balaban J connectivity index is 0.00000147. The predicted molar refractivity (Wildman–Crippen MR) is 80.8 cm³/mol. The lowest BCUT2D eigenvalue weighted by Crippen LogP contribution is -2.33. The van der Waals surface area contributed by atoms with Crippen LogP contribution < -0.4 is 5.73 Å². The summed E-state index contributed by atoms with van der Waals surface area (Å²) in [5.74, 6) is 1.54. The quantitative estimate of drug-likeness (QED) is 0.867. The van der Waals surface area contributed by atoms with Crippen LogP contribution in [0.2, 0.25) is 0 Å². The van der Waals surface area contributed by atoms with Gasteiger partial charge in [-0.3, -0.25) is 4.79 Å². The second-order valence-corrected chi connectivity index (χ2v) is 6.65. The van der Waals surface area contributed by atoms with E-state index in [0.29, 0.717) is 42.4 Å². The van der Waals surface area contributed by atoms with E-state index in [1.165, 1.54) is 6.42 Å². The molecule has 0 aromatic rings. The van der Waals surface area contributed by atoms with Crippen LogP contribution >= 0.6 is 12.4 Å². The highest BCUT2D eigenvalue weighted by Crippen LogP contribution is 2.37. The SMILES string of the molecule is CC1CCC(CCC(=O)N2CC3CCC(N)C3C2)O1.Cl. The highest BCUT2D eigenvalue weighted by Gasteiger charge is 2.42. The molecule has 3 fully saturated rings. The zero-order valence-electron chi connectivity index (χ0n) is 12.3. The van der Waals surface area contributed by atoms with Crippen molar-refractivity contribution in [1.82, 2.24) is 4.90 Å². The van der Waals surface area contributed by atoms with Crippen molar-refractivity contribution >= 4 is 18.3 Å². The lowest BCUT2D eigenvalue weighted by atomic mass is 9.98. The average molecular weight is 303 g/mol. The van der Waals surface area contributed by atoms with Crippen LogP contribution in [0.1, 0.15) is 45.4 Å². The Bertz CT molecular complexity index is 353. The van der Waals surface area contributed by atoms with Gasteiger partial charge < -0.3 is 15.4 Å². The fraction of sp³-hybridized carbons (Fsp3) is 0.933. The number of nitrogens with zero attached hydrogens (tertiary/aromatic N) is 1. The molecule has 0 aromatic carbocycles. The van der Waals surface area contributed by atoms with Crippen molar-refractivity contribution in [3.8, 4) is 0 Å². The van der Waals surface area contributed by atoms with Crippen LogP contribution in [0.3, 0.4) is 0 Å². The van der Waals surface area contributed by atoms with E-state index in [9.17, 15) is 4.79 Å². The molecule has 2 aliphatic heterocycles. The molecule has 1 saturated carbocycles. The minimum absolute atomic E-state index is 0. The monoisotopic (exact) mass is 302 g/mol. The van der Waals surface area contributed by atoms with Crippen LogP contribution in [0.5, 0.6) is 0 Å². The Labute approximate surface area is 127 Å². The van der Waals surface area contributed by atoms with E-state index in [2.05, 4.69) is 6.92 Å². The second kappa shape index (κ2) is 6.63. The van der Waals surface area contributed by atoms with Crippen LogP contribution in [0.4, 0.5) is 0 Å². The van der Waals surface area contributed by atoms with E-state index in [1.54, 1.807) is 0 Å². The third kappa shape index (κ3) is 3.29. The summed E-state index contributed by atoms with van der Waals surface area (Å²) in [6.45, 7) is 3.95. The zero-order chi connectivity index (χ0) is 13.4. The van der Waals surface area contributed by atoms with Gasteiger partial charge in [-0.1, -0.05) is 0 Å². The van der Waals surface area contributed by atoms with Crippen LogP contribution in [0.25, 0.3) is 0 Å². The molecule has 2 N–H and O–H groups in total. The Morgan fingerprint density at radius 3 is 2.70 bits per heavy atom. The number of carbonyl (C=O) groups is 1. The predicted octanol–water partition coefficient (Wildman–Crippen LogP) is 1.95. The van der Waals surface area contributed by atoms with Crippen LogP contribution in [0.15, 0.2) is 0 Å². The second-order valence-electron chi connectivity index (χ2n) is 6.65. The van der Waals surface area contributed by atoms with Gasteiger partial charge in [0.25, 0.3) is 0 Å². The molecule has 0 radical (unpaired) electrons. The van der Waals surface area contributed by atoms with Gasteiger partial charge in [0.2, 0.25) is 5.91 Å². The largest absolute Gasteiger partial charge is 0.375 e. The fourth-order valence-corrected chi connectivity index (χ4v) is 4.05. The molecule has 20 heavy (non-hydrogen) atoms. The Morgan fingerprint density at radius 2 is 2.05 bits per heavy atom. The molecule has 0 bridgehead atoms. The maximum Gasteiger partial charge on any atom is 0.222 e. The summed E-state index contributed by atoms with van der Waals surface area (Å²) in [5, 5.41) is 0. The van der Waals surface area contributed by atoms with Crippen molar-refractivity contribution in [3.05, 3.63) is 0 Å². The summed E-state index contributed by atoms with van der Waals surface area (Å²) < 4.78 is 5.78. The highest BCUT2D eigenvalue weighted by atomic mass is 35.5. The first-order valence-corrected chi connectivity index (χ1v) is 7.82. The van der Waals surface area contributed by atoms with Gasteiger partial charge in [0.15, 0.2) is 0 Å². The summed E-state index contributed by atoms with van der Waals surface area (Å²) in [4.78, 5) is 14.3. The molecule has 116 valence electrons. The molecule has 4 nitrogen and oxygen atoms in total.